The molecule has 0 aliphatic heterocycles. The molecule has 0 aromatic heterocycles. The minimum absolute atomic E-state index is 0.297. The molecule has 0 aromatic rings. The minimum Gasteiger partial charge on any atom is -0.391 e. The highest BCUT2D eigenvalue weighted by molar-refractivity contribution is 7.85. The van der Waals surface area contributed by atoms with Gasteiger partial charge in [-0.25, -0.2) is 0 Å². The summed E-state index contributed by atoms with van der Waals surface area (Å²) in [6.45, 7) is 4.40. The van der Waals surface area contributed by atoms with E-state index in [1.165, 1.54) is 116 Å². The molecule has 8 heteroatoms. The van der Waals surface area contributed by atoms with E-state index in [-0.39, 0.29) is 0 Å². The summed E-state index contributed by atoms with van der Waals surface area (Å²) < 4.78 is 32.5. The first-order chi connectivity index (χ1) is 23.7. The number of carbonyl (C=O) groups excluding carboxylic acids is 1. The van der Waals surface area contributed by atoms with E-state index < -0.39 is 40.0 Å². The molecule has 4 N–H and O–H groups in total. The Bertz CT molecular complexity index is 890. The standard InChI is InChI=1S/C41H79NO6S/c1-3-5-7-9-11-13-15-17-18-19-20-21-22-23-24-26-28-30-32-34-36-40(44)41(45)42-38(37-49(46,47)48)39(43)35-33-31-29-27-25-16-14-12-10-8-6-4-2/h5,7,11,13,38-40,43-44H,3-4,6,8-10,12,14-37H2,1-2H3,(H,42,45)(H,46,47,48)/b7-5-,13-11-. The molecule has 0 bridgehead atoms. The fraction of sp³-hybridized carbons (Fsp3) is 0.878. The van der Waals surface area contributed by atoms with Crippen molar-refractivity contribution in [2.75, 3.05) is 5.75 Å². The number of hydrogen-bond acceptors (Lipinski definition) is 5. The second-order valence-electron chi connectivity index (χ2n) is 14.4. The zero-order valence-electron chi connectivity index (χ0n) is 31.9. The van der Waals surface area contributed by atoms with Crippen LogP contribution in [0.3, 0.4) is 0 Å². The van der Waals surface area contributed by atoms with Crippen molar-refractivity contribution in [3.8, 4) is 0 Å². The van der Waals surface area contributed by atoms with Gasteiger partial charge in [-0.3, -0.25) is 9.35 Å². The van der Waals surface area contributed by atoms with Crippen LogP contribution in [-0.2, 0) is 14.9 Å². The molecule has 0 fully saturated rings. The topological polar surface area (TPSA) is 124 Å². The maximum atomic E-state index is 12.6. The Hall–Kier alpha value is -1.22. The zero-order chi connectivity index (χ0) is 36.3. The normalized spacial score (nSPS) is 14.1. The van der Waals surface area contributed by atoms with Gasteiger partial charge in [0.05, 0.1) is 17.9 Å². The van der Waals surface area contributed by atoms with Gasteiger partial charge in [0.2, 0.25) is 5.91 Å². The third kappa shape index (κ3) is 35.0. The van der Waals surface area contributed by atoms with Crippen LogP contribution in [0, 0.1) is 0 Å². The van der Waals surface area contributed by atoms with Crippen molar-refractivity contribution in [2.24, 2.45) is 0 Å². The van der Waals surface area contributed by atoms with Crippen molar-refractivity contribution >= 4 is 16.0 Å². The van der Waals surface area contributed by atoms with Crippen molar-refractivity contribution in [2.45, 2.75) is 225 Å². The quantitative estimate of drug-likeness (QED) is 0.0289. The molecule has 0 rings (SSSR count). The third-order valence-corrected chi connectivity index (χ3v) is 10.3. The van der Waals surface area contributed by atoms with Crippen LogP contribution in [0.4, 0.5) is 0 Å². The molecular weight excluding hydrogens is 635 g/mol. The van der Waals surface area contributed by atoms with E-state index >= 15 is 0 Å². The number of carbonyl (C=O) groups is 1. The molecule has 0 aromatic carbocycles. The summed E-state index contributed by atoms with van der Waals surface area (Å²) in [5.41, 5.74) is 0. The number of unbranched alkanes of at least 4 members (excludes halogenated alkanes) is 24. The molecule has 290 valence electrons. The molecule has 0 spiro atoms. The lowest BCUT2D eigenvalue weighted by Gasteiger charge is -2.24. The number of rotatable bonds is 37. The largest absolute Gasteiger partial charge is 0.391 e. The second kappa shape index (κ2) is 35.2. The van der Waals surface area contributed by atoms with Gasteiger partial charge in [-0.2, -0.15) is 8.42 Å². The van der Waals surface area contributed by atoms with Crippen LogP contribution in [0.25, 0.3) is 0 Å². The van der Waals surface area contributed by atoms with E-state index in [0.29, 0.717) is 25.7 Å². The highest BCUT2D eigenvalue weighted by atomic mass is 32.2. The Balaban J connectivity index is 3.91. The molecule has 49 heavy (non-hydrogen) atoms. The molecule has 3 unspecified atom stereocenters. The van der Waals surface area contributed by atoms with Crippen LogP contribution in [0.5, 0.6) is 0 Å². The fourth-order valence-electron chi connectivity index (χ4n) is 6.38. The first kappa shape index (κ1) is 47.8. The fourth-order valence-corrected chi connectivity index (χ4v) is 7.14. The molecule has 0 saturated heterocycles. The molecule has 0 aliphatic rings. The van der Waals surface area contributed by atoms with Crippen LogP contribution in [-0.4, -0.2) is 53.1 Å². The SMILES string of the molecule is CC/C=C\C/C=C\CCCCCCCCCCCCCCCC(O)C(=O)NC(CS(=O)(=O)O)C(O)CCCCCCCCCCCCCC. The lowest BCUT2D eigenvalue weighted by Crippen LogP contribution is -2.50. The Labute approximate surface area is 303 Å². The number of allylic oxidation sites excluding steroid dienone is 4. The van der Waals surface area contributed by atoms with Crippen molar-refractivity contribution < 1.29 is 28.0 Å². The number of amides is 1. The average Bonchev–Trinajstić information content (AvgIpc) is 3.06. The predicted octanol–water partition coefficient (Wildman–Crippen LogP) is 10.9. The second-order valence-corrected chi connectivity index (χ2v) is 15.9. The van der Waals surface area contributed by atoms with Gasteiger partial charge < -0.3 is 15.5 Å². The maximum absolute atomic E-state index is 12.6. The van der Waals surface area contributed by atoms with Gasteiger partial charge >= 0.3 is 0 Å². The number of hydrogen-bond donors (Lipinski definition) is 4. The van der Waals surface area contributed by atoms with E-state index in [2.05, 4.69) is 43.5 Å². The van der Waals surface area contributed by atoms with Crippen molar-refractivity contribution in [3.05, 3.63) is 24.3 Å². The third-order valence-electron chi connectivity index (χ3n) is 9.53. The monoisotopic (exact) mass is 714 g/mol. The van der Waals surface area contributed by atoms with E-state index in [9.17, 15) is 28.0 Å². The van der Waals surface area contributed by atoms with Crippen LogP contribution in [0.1, 0.15) is 206 Å². The van der Waals surface area contributed by atoms with E-state index in [4.69, 9.17) is 0 Å². The van der Waals surface area contributed by atoms with Gasteiger partial charge in [-0.15, -0.1) is 0 Å². The summed E-state index contributed by atoms with van der Waals surface area (Å²) in [4.78, 5) is 12.6. The molecule has 1 amide bonds. The van der Waals surface area contributed by atoms with Gasteiger partial charge in [0.25, 0.3) is 10.1 Å². The van der Waals surface area contributed by atoms with Crippen LogP contribution < -0.4 is 5.32 Å². The molecule has 0 heterocycles. The molecule has 3 atom stereocenters. The summed E-state index contributed by atoms with van der Waals surface area (Å²) in [5.74, 6) is -1.45. The first-order valence-electron chi connectivity index (χ1n) is 20.6. The Morgan fingerprint density at radius 1 is 0.571 bits per heavy atom. The van der Waals surface area contributed by atoms with Gasteiger partial charge in [0.1, 0.15) is 6.10 Å². The van der Waals surface area contributed by atoms with Crippen molar-refractivity contribution in [1.29, 1.82) is 0 Å². The highest BCUT2D eigenvalue weighted by Crippen LogP contribution is 2.16. The molecular formula is C41H79NO6S. The number of nitrogens with one attached hydrogen (secondary N) is 1. The van der Waals surface area contributed by atoms with Gasteiger partial charge in [-0.1, -0.05) is 192 Å². The van der Waals surface area contributed by atoms with Crippen molar-refractivity contribution in [1.82, 2.24) is 5.32 Å². The summed E-state index contributed by atoms with van der Waals surface area (Å²) in [6.07, 6.45) is 40.6. The van der Waals surface area contributed by atoms with Gasteiger partial charge in [0, 0.05) is 0 Å². The summed E-state index contributed by atoms with van der Waals surface area (Å²) in [7, 11) is -4.40. The Morgan fingerprint density at radius 2 is 0.980 bits per heavy atom. The minimum atomic E-state index is -4.40. The van der Waals surface area contributed by atoms with Crippen molar-refractivity contribution in [3.63, 3.8) is 0 Å². The van der Waals surface area contributed by atoms with Crippen LogP contribution in [0.15, 0.2) is 24.3 Å². The maximum Gasteiger partial charge on any atom is 0.266 e. The average molecular weight is 714 g/mol. The van der Waals surface area contributed by atoms with Gasteiger partial charge in [-0.05, 0) is 38.5 Å². The highest BCUT2D eigenvalue weighted by Gasteiger charge is 2.28. The number of aliphatic hydroxyl groups excluding tert-OH is 2. The Morgan fingerprint density at radius 3 is 1.43 bits per heavy atom. The Kier molecular flexibility index (Phi) is 34.3. The zero-order valence-corrected chi connectivity index (χ0v) is 32.8. The lowest BCUT2D eigenvalue weighted by atomic mass is 10.0. The smallest absolute Gasteiger partial charge is 0.266 e. The van der Waals surface area contributed by atoms with E-state index in [1.54, 1.807) is 0 Å². The van der Waals surface area contributed by atoms with Gasteiger partial charge in [0.15, 0.2) is 0 Å². The van der Waals surface area contributed by atoms with Crippen LogP contribution in [0.2, 0.25) is 0 Å². The molecule has 0 saturated carbocycles. The van der Waals surface area contributed by atoms with E-state index in [1.807, 2.05) is 0 Å². The first-order valence-corrected chi connectivity index (χ1v) is 22.2. The van der Waals surface area contributed by atoms with Crippen LogP contribution >= 0.6 is 0 Å². The summed E-state index contributed by atoms with van der Waals surface area (Å²) in [5, 5.41) is 23.5. The molecule has 7 nitrogen and oxygen atoms in total. The molecule has 0 radical (unpaired) electrons. The summed E-state index contributed by atoms with van der Waals surface area (Å²) >= 11 is 0. The predicted molar refractivity (Wildman–Crippen MR) is 208 cm³/mol. The van der Waals surface area contributed by atoms with E-state index in [0.717, 1.165) is 51.4 Å². The lowest BCUT2D eigenvalue weighted by molar-refractivity contribution is -0.131. The number of aliphatic hydroxyl groups is 2. The molecule has 0 aliphatic carbocycles. The summed E-state index contributed by atoms with van der Waals surface area (Å²) in [6, 6.07) is -1.14.